The van der Waals surface area contributed by atoms with Gasteiger partial charge < -0.3 is 10.6 Å². The molecule has 0 aromatic rings. The summed E-state index contributed by atoms with van der Waals surface area (Å²) in [5.41, 5.74) is 5.72. The number of rotatable bonds is 4. The van der Waals surface area contributed by atoms with Gasteiger partial charge in [-0.15, -0.1) is 0 Å². The summed E-state index contributed by atoms with van der Waals surface area (Å²) in [5, 5.41) is 0. The average Bonchev–Trinajstić information content (AvgIpc) is 2.86. The number of nitrogens with two attached hydrogens (primary N) is 1. The highest BCUT2D eigenvalue weighted by molar-refractivity contribution is 4.82. The maximum Gasteiger partial charge on any atom is 0.0195 e. The fourth-order valence-electron chi connectivity index (χ4n) is 2.91. The molecule has 2 aliphatic rings. The van der Waals surface area contributed by atoms with Gasteiger partial charge in [0.1, 0.15) is 0 Å². The minimum Gasteiger partial charge on any atom is -0.330 e. The van der Waals surface area contributed by atoms with Gasteiger partial charge in [-0.1, -0.05) is 0 Å². The Kier molecular flexibility index (Phi) is 4.00. The van der Waals surface area contributed by atoms with E-state index in [4.69, 9.17) is 5.73 Å². The zero-order chi connectivity index (χ0) is 10.7. The first-order valence-corrected chi connectivity index (χ1v) is 6.46. The summed E-state index contributed by atoms with van der Waals surface area (Å²) in [7, 11) is 0. The third-order valence-corrected chi connectivity index (χ3v) is 4.00. The van der Waals surface area contributed by atoms with Gasteiger partial charge in [-0.2, -0.15) is 0 Å². The van der Waals surface area contributed by atoms with Gasteiger partial charge in [0.25, 0.3) is 0 Å². The van der Waals surface area contributed by atoms with Crippen LogP contribution in [0.5, 0.6) is 0 Å². The van der Waals surface area contributed by atoms with E-state index in [9.17, 15) is 0 Å². The van der Waals surface area contributed by atoms with Gasteiger partial charge in [0, 0.05) is 19.1 Å². The van der Waals surface area contributed by atoms with Crippen molar-refractivity contribution in [2.45, 2.75) is 32.2 Å². The molecule has 15 heavy (non-hydrogen) atoms. The lowest BCUT2D eigenvalue weighted by Crippen LogP contribution is -2.40. The molecule has 0 aliphatic carbocycles. The van der Waals surface area contributed by atoms with Gasteiger partial charge in [-0.3, -0.25) is 4.90 Å². The summed E-state index contributed by atoms with van der Waals surface area (Å²) in [4.78, 5) is 5.23. The van der Waals surface area contributed by atoms with Crippen LogP contribution in [0.4, 0.5) is 0 Å². The number of hydrogen-bond acceptors (Lipinski definition) is 3. The molecule has 3 heteroatoms. The van der Waals surface area contributed by atoms with E-state index < -0.39 is 0 Å². The summed E-state index contributed by atoms with van der Waals surface area (Å²) in [5.74, 6) is 0.756. The van der Waals surface area contributed by atoms with Crippen molar-refractivity contribution in [3.8, 4) is 0 Å². The van der Waals surface area contributed by atoms with E-state index in [0.29, 0.717) is 0 Å². The van der Waals surface area contributed by atoms with Gasteiger partial charge in [-0.25, -0.2) is 0 Å². The molecule has 2 atom stereocenters. The van der Waals surface area contributed by atoms with E-state index >= 15 is 0 Å². The van der Waals surface area contributed by atoms with Crippen LogP contribution < -0.4 is 5.73 Å². The predicted molar refractivity (Wildman–Crippen MR) is 63.9 cm³/mol. The Hall–Kier alpha value is -0.120. The fraction of sp³-hybridized carbons (Fsp3) is 1.00. The first kappa shape index (κ1) is 11.4. The smallest absolute Gasteiger partial charge is 0.0195 e. The Morgan fingerprint density at radius 1 is 1.27 bits per heavy atom. The molecule has 2 fully saturated rings. The summed E-state index contributed by atoms with van der Waals surface area (Å²) in [6.07, 6.45) is 4.11. The van der Waals surface area contributed by atoms with Gasteiger partial charge in [0.15, 0.2) is 0 Å². The summed E-state index contributed by atoms with van der Waals surface area (Å²) >= 11 is 0. The van der Waals surface area contributed by atoms with Gasteiger partial charge in [0.05, 0.1) is 0 Å². The lowest BCUT2D eigenvalue weighted by molar-refractivity contribution is 0.187. The fourth-order valence-corrected chi connectivity index (χ4v) is 2.91. The number of nitrogens with zero attached hydrogens (tertiary/aromatic N) is 2. The highest BCUT2D eigenvalue weighted by atomic mass is 15.2. The monoisotopic (exact) mass is 211 g/mol. The van der Waals surface area contributed by atoms with E-state index in [0.717, 1.165) is 18.5 Å². The Bertz CT molecular complexity index is 189. The molecular weight excluding hydrogens is 186 g/mol. The predicted octanol–water partition coefficient (Wildman–Crippen LogP) is 0.751. The lowest BCUT2D eigenvalue weighted by atomic mass is 10.1. The highest BCUT2D eigenvalue weighted by Crippen LogP contribution is 2.19. The second-order valence-corrected chi connectivity index (χ2v) is 5.24. The van der Waals surface area contributed by atoms with Crippen LogP contribution in [0.2, 0.25) is 0 Å². The number of hydrogen-bond donors (Lipinski definition) is 1. The second kappa shape index (κ2) is 5.28. The van der Waals surface area contributed by atoms with Crippen LogP contribution in [-0.4, -0.2) is 55.1 Å². The minimum atomic E-state index is 0.722. The molecule has 88 valence electrons. The van der Waals surface area contributed by atoms with E-state index in [1.807, 2.05) is 0 Å². The molecule has 2 aliphatic heterocycles. The lowest BCUT2D eigenvalue weighted by Gasteiger charge is -2.28. The molecular formula is C12H25N3. The first-order chi connectivity index (χ1) is 7.29. The zero-order valence-electron chi connectivity index (χ0n) is 9.99. The van der Waals surface area contributed by atoms with Crippen molar-refractivity contribution < 1.29 is 0 Å². The van der Waals surface area contributed by atoms with Crippen LogP contribution >= 0.6 is 0 Å². The Labute approximate surface area is 93.6 Å². The maximum absolute atomic E-state index is 5.72. The third kappa shape index (κ3) is 2.92. The standard InChI is InChI=1S/C12H25N3/c1-11(9-14-5-2-3-6-14)15-7-4-12(8-13)10-15/h11-12H,2-10,13H2,1H3. The quantitative estimate of drug-likeness (QED) is 0.745. The van der Waals surface area contributed by atoms with E-state index in [1.54, 1.807) is 0 Å². The van der Waals surface area contributed by atoms with Crippen molar-refractivity contribution in [2.24, 2.45) is 11.7 Å². The van der Waals surface area contributed by atoms with Crippen LogP contribution in [0, 0.1) is 5.92 Å². The van der Waals surface area contributed by atoms with Crippen molar-refractivity contribution in [3.05, 3.63) is 0 Å². The average molecular weight is 211 g/mol. The van der Waals surface area contributed by atoms with E-state index in [-0.39, 0.29) is 0 Å². The molecule has 3 nitrogen and oxygen atoms in total. The topological polar surface area (TPSA) is 32.5 Å². The third-order valence-electron chi connectivity index (χ3n) is 4.00. The summed E-state index contributed by atoms with van der Waals surface area (Å²) in [6, 6.07) is 0.722. The van der Waals surface area contributed by atoms with Crippen molar-refractivity contribution in [1.82, 2.24) is 9.80 Å². The molecule has 2 rings (SSSR count). The largest absolute Gasteiger partial charge is 0.330 e. The van der Waals surface area contributed by atoms with Crippen LogP contribution in [0.25, 0.3) is 0 Å². The molecule has 2 heterocycles. The van der Waals surface area contributed by atoms with Crippen molar-refractivity contribution in [1.29, 1.82) is 0 Å². The molecule has 0 amide bonds. The normalized spacial score (nSPS) is 31.2. The van der Waals surface area contributed by atoms with Crippen LogP contribution in [-0.2, 0) is 0 Å². The Morgan fingerprint density at radius 2 is 2.00 bits per heavy atom. The molecule has 0 spiro atoms. The molecule has 0 aromatic heterocycles. The van der Waals surface area contributed by atoms with Gasteiger partial charge >= 0.3 is 0 Å². The molecule has 2 N–H and O–H groups in total. The Balaban J connectivity index is 1.73. The molecule has 0 aromatic carbocycles. The second-order valence-electron chi connectivity index (χ2n) is 5.24. The Morgan fingerprint density at radius 3 is 2.60 bits per heavy atom. The van der Waals surface area contributed by atoms with E-state index in [1.165, 1.54) is 52.0 Å². The van der Waals surface area contributed by atoms with Crippen molar-refractivity contribution in [3.63, 3.8) is 0 Å². The van der Waals surface area contributed by atoms with Crippen LogP contribution in [0.15, 0.2) is 0 Å². The number of likely N-dealkylation sites (tertiary alicyclic amines) is 2. The van der Waals surface area contributed by atoms with Crippen LogP contribution in [0.3, 0.4) is 0 Å². The van der Waals surface area contributed by atoms with Gasteiger partial charge in [-0.05, 0) is 58.3 Å². The maximum atomic E-state index is 5.72. The summed E-state index contributed by atoms with van der Waals surface area (Å²) < 4.78 is 0. The van der Waals surface area contributed by atoms with Crippen molar-refractivity contribution in [2.75, 3.05) is 39.3 Å². The summed E-state index contributed by atoms with van der Waals surface area (Å²) in [6.45, 7) is 9.63. The minimum absolute atomic E-state index is 0.722. The van der Waals surface area contributed by atoms with Crippen molar-refractivity contribution >= 4 is 0 Å². The van der Waals surface area contributed by atoms with Crippen LogP contribution in [0.1, 0.15) is 26.2 Å². The molecule has 0 radical (unpaired) electrons. The molecule has 0 bridgehead atoms. The first-order valence-electron chi connectivity index (χ1n) is 6.46. The van der Waals surface area contributed by atoms with Gasteiger partial charge in [0.2, 0.25) is 0 Å². The molecule has 0 saturated carbocycles. The molecule has 2 saturated heterocycles. The SMILES string of the molecule is CC(CN1CCCC1)N1CCC(CN)C1. The highest BCUT2D eigenvalue weighted by Gasteiger charge is 2.26. The van der Waals surface area contributed by atoms with E-state index in [2.05, 4.69) is 16.7 Å². The molecule has 2 unspecified atom stereocenters. The zero-order valence-corrected chi connectivity index (χ0v) is 9.99.